The topological polar surface area (TPSA) is 61.4 Å². The number of methoxy groups -OCH3 is 1. The van der Waals surface area contributed by atoms with Crippen LogP contribution in [0.4, 0.5) is 5.69 Å². The molecule has 0 spiro atoms. The maximum Gasteiger partial charge on any atom is 0.191 e. The molecule has 2 aliphatic heterocycles. The number of para-hydroxylation sites is 2. The molecule has 27 heavy (non-hydrogen) atoms. The van der Waals surface area contributed by atoms with Gasteiger partial charge in [-0.3, -0.25) is 9.89 Å². The lowest BCUT2D eigenvalue weighted by Gasteiger charge is -2.26. The minimum Gasteiger partial charge on any atom is -0.495 e. The van der Waals surface area contributed by atoms with Gasteiger partial charge in [0.05, 0.1) is 32.6 Å². The first-order valence-corrected chi connectivity index (χ1v) is 10.0. The summed E-state index contributed by atoms with van der Waals surface area (Å²) in [6.07, 6.45) is 1.09. The molecule has 2 heterocycles. The Labute approximate surface area is 162 Å². The molecular weight excluding hydrogens is 342 g/mol. The fourth-order valence-electron chi connectivity index (χ4n) is 3.63. The summed E-state index contributed by atoms with van der Waals surface area (Å²) >= 11 is 0. The molecule has 0 amide bonds. The first-order chi connectivity index (χ1) is 13.3. The largest absolute Gasteiger partial charge is 0.495 e. The Morgan fingerprint density at radius 1 is 1.26 bits per heavy atom. The molecule has 0 saturated carbocycles. The van der Waals surface area contributed by atoms with E-state index in [0.717, 1.165) is 77.2 Å². The van der Waals surface area contributed by atoms with Crippen molar-refractivity contribution < 1.29 is 9.47 Å². The van der Waals surface area contributed by atoms with E-state index in [0.29, 0.717) is 6.04 Å². The van der Waals surface area contributed by atoms with Crippen LogP contribution < -0.4 is 20.3 Å². The zero-order valence-electron chi connectivity index (χ0n) is 16.6. The summed E-state index contributed by atoms with van der Waals surface area (Å²) in [5.41, 5.74) is 1.17. The molecule has 7 heteroatoms. The van der Waals surface area contributed by atoms with Gasteiger partial charge in [0.25, 0.3) is 0 Å². The van der Waals surface area contributed by atoms with Crippen LogP contribution in [-0.2, 0) is 4.74 Å². The molecule has 0 aromatic heterocycles. The van der Waals surface area contributed by atoms with Crippen molar-refractivity contribution in [3.05, 3.63) is 24.3 Å². The van der Waals surface area contributed by atoms with Crippen LogP contribution in [0.25, 0.3) is 0 Å². The number of aliphatic imine (C=N–C) groups is 1. The smallest absolute Gasteiger partial charge is 0.191 e. The lowest BCUT2D eigenvalue weighted by molar-refractivity contribution is 0.0394. The summed E-state index contributed by atoms with van der Waals surface area (Å²) in [6, 6.07) is 8.61. The van der Waals surface area contributed by atoms with Gasteiger partial charge in [-0.1, -0.05) is 12.1 Å². The highest BCUT2D eigenvalue weighted by Crippen LogP contribution is 2.30. The maximum absolute atomic E-state index is 5.51. The van der Waals surface area contributed by atoms with Crippen molar-refractivity contribution in [1.82, 2.24) is 15.5 Å². The molecule has 1 aromatic rings. The number of nitrogens with one attached hydrogen (secondary N) is 2. The normalized spacial score (nSPS) is 21.3. The molecule has 0 aliphatic carbocycles. The third-order valence-electron chi connectivity index (χ3n) is 5.09. The lowest BCUT2D eigenvalue weighted by atomic mass is 10.2. The van der Waals surface area contributed by atoms with Crippen molar-refractivity contribution in [3.63, 3.8) is 0 Å². The summed E-state index contributed by atoms with van der Waals surface area (Å²) in [6.45, 7) is 10.4. The van der Waals surface area contributed by atoms with E-state index in [4.69, 9.17) is 14.5 Å². The molecule has 1 atom stereocenters. The Balaban J connectivity index is 1.51. The second-order valence-corrected chi connectivity index (χ2v) is 6.96. The van der Waals surface area contributed by atoms with Gasteiger partial charge in [0.15, 0.2) is 5.96 Å². The Morgan fingerprint density at radius 3 is 2.85 bits per heavy atom. The molecule has 3 rings (SSSR count). The minimum absolute atomic E-state index is 0.385. The average Bonchev–Trinajstić information content (AvgIpc) is 3.17. The quantitative estimate of drug-likeness (QED) is 0.551. The second-order valence-electron chi connectivity index (χ2n) is 6.96. The van der Waals surface area contributed by atoms with Gasteiger partial charge in [-0.2, -0.15) is 0 Å². The molecule has 0 radical (unpaired) electrons. The summed E-state index contributed by atoms with van der Waals surface area (Å²) in [4.78, 5) is 9.57. The van der Waals surface area contributed by atoms with Crippen LogP contribution >= 0.6 is 0 Å². The van der Waals surface area contributed by atoms with E-state index < -0.39 is 0 Å². The van der Waals surface area contributed by atoms with Crippen molar-refractivity contribution in [1.29, 1.82) is 0 Å². The molecule has 2 aliphatic rings. The highest BCUT2D eigenvalue weighted by Gasteiger charge is 2.25. The van der Waals surface area contributed by atoms with E-state index in [2.05, 4.69) is 39.5 Å². The highest BCUT2D eigenvalue weighted by molar-refractivity contribution is 5.80. The molecule has 2 saturated heterocycles. The van der Waals surface area contributed by atoms with Gasteiger partial charge >= 0.3 is 0 Å². The minimum atomic E-state index is 0.385. The number of morpholine rings is 1. The molecular formula is C20H33N5O2. The zero-order chi connectivity index (χ0) is 18.9. The van der Waals surface area contributed by atoms with E-state index in [1.807, 2.05) is 12.1 Å². The lowest BCUT2D eigenvalue weighted by Crippen LogP contribution is -2.45. The number of rotatable bonds is 7. The molecule has 1 aromatic carbocycles. The van der Waals surface area contributed by atoms with Gasteiger partial charge in [0.2, 0.25) is 0 Å². The number of ether oxygens (including phenoxy) is 2. The Morgan fingerprint density at radius 2 is 2.07 bits per heavy atom. The maximum atomic E-state index is 5.51. The molecule has 7 nitrogen and oxygen atoms in total. The second kappa shape index (κ2) is 10.4. The van der Waals surface area contributed by atoms with Crippen molar-refractivity contribution in [2.24, 2.45) is 4.99 Å². The van der Waals surface area contributed by atoms with Gasteiger partial charge < -0.3 is 25.0 Å². The molecule has 0 bridgehead atoms. The third-order valence-corrected chi connectivity index (χ3v) is 5.09. The summed E-state index contributed by atoms with van der Waals surface area (Å²) in [5, 5.41) is 6.98. The summed E-state index contributed by atoms with van der Waals surface area (Å²) < 4.78 is 10.9. The number of guanidine groups is 1. The van der Waals surface area contributed by atoms with Crippen LogP contribution in [0.3, 0.4) is 0 Å². The van der Waals surface area contributed by atoms with Crippen LogP contribution in [-0.4, -0.2) is 83.0 Å². The SMILES string of the molecule is CCNC(=NCCN1CCOCC1)NC1CCN(c2ccccc2OC)C1. The van der Waals surface area contributed by atoms with Crippen molar-refractivity contribution in [2.45, 2.75) is 19.4 Å². The highest BCUT2D eigenvalue weighted by atomic mass is 16.5. The van der Waals surface area contributed by atoms with Gasteiger partial charge in [0, 0.05) is 45.3 Å². The van der Waals surface area contributed by atoms with Crippen LogP contribution in [0.1, 0.15) is 13.3 Å². The van der Waals surface area contributed by atoms with E-state index >= 15 is 0 Å². The molecule has 2 N–H and O–H groups in total. The van der Waals surface area contributed by atoms with Crippen molar-refractivity contribution >= 4 is 11.6 Å². The summed E-state index contributed by atoms with van der Waals surface area (Å²) in [7, 11) is 1.73. The van der Waals surface area contributed by atoms with E-state index in [1.165, 1.54) is 5.69 Å². The van der Waals surface area contributed by atoms with E-state index in [-0.39, 0.29) is 0 Å². The number of benzene rings is 1. The first-order valence-electron chi connectivity index (χ1n) is 10.0. The average molecular weight is 376 g/mol. The van der Waals surface area contributed by atoms with Crippen LogP contribution in [0.15, 0.2) is 29.3 Å². The van der Waals surface area contributed by atoms with Crippen molar-refractivity contribution in [2.75, 3.05) is 71.0 Å². The third kappa shape index (κ3) is 5.74. The summed E-state index contributed by atoms with van der Waals surface area (Å²) in [5.74, 6) is 1.85. The predicted molar refractivity (Wildman–Crippen MR) is 110 cm³/mol. The predicted octanol–water partition coefficient (Wildman–Crippen LogP) is 1.16. The number of anilines is 1. The molecule has 1 unspecified atom stereocenters. The Bertz CT molecular complexity index is 604. The van der Waals surface area contributed by atoms with Gasteiger partial charge in [-0.15, -0.1) is 0 Å². The van der Waals surface area contributed by atoms with Gasteiger partial charge in [-0.05, 0) is 25.5 Å². The van der Waals surface area contributed by atoms with E-state index in [9.17, 15) is 0 Å². The van der Waals surface area contributed by atoms with Gasteiger partial charge in [-0.25, -0.2) is 0 Å². The van der Waals surface area contributed by atoms with Crippen molar-refractivity contribution in [3.8, 4) is 5.75 Å². The standard InChI is InChI=1S/C20H33N5O2/c1-3-21-20(22-9-11-24-12-14-27-15-13-24)23-17-8-10-25(16-17)18-6-4-5-7-19(18)26-2/h4-7,17H,3,8-16H2,1-2H3,(H2,21,22,23). The Kier molecular flexibility index (Phi) is 7.59. The number of hydrogen-bond donors (Lipinski definition) is 2. The van der Waals surface area contributed by atoms with Gasteiger partial charge in [0.1, 0.15) is 5.75 Å². The fourth-order valence-corrected chi connectivity index (χ4v) is 3.63. The first kappa shape index (κ1) is 19.8. The Hall–Kier alpha value is -1.99. The van der Waals surface area contributed by atoms with Crippen LogP contribution in [0.5, 0.6) is 5.75 Å². The van der Waals surface area contributed by atoms with Crippen LogP contribution in [0.2, 0.25) is 0 Å². The number of hydrogen-bond acceptors (Lipinski definition) is 5. The fraction of sp³-hybridized carbons (Fsp3) is 0.650. The van der Waals surface area contributed by atoms with Crippen LogP contribution in [0, 0.1) is 0 Å². The molecule has 2 fully saturated rings. The zero-order valence-corrected chi connectivity index (χ0v) is 16.6. The molecule has 150 valence electrons. The number of nitrogens with zero attached hydrogens (tertiary/aromatic N) is 3. The monoisotopic (exact) mass is 375 g/mol. The van der Waals surface area contributed by atoms with E-state index in [1.54, 1.807) is 7.11 Å².